The molecule has 0 saturated heterocycles. The summed E-state index contributed by atoms with van der Waals surface area (Å²) < 4.78 is 0. The molecule has 0 rings (SSSR count). The van der Waals surface area contributed by atoms with Crippen LogP contribution in [-0.2, 0) is 4.79 Å². The average Bonchev–Trinajstić information content (AvgIpc) is 2.62. The first kappa shape index (κ1) is 29.2. The summed E-state index contributed by atoms with van der Waals surface area (Å²) in [5, 5.41) is 10.9. The number of carbonyl (C=O) groups is 1. The number of carbonyl (C=O) groups excluding carboxylic acids is 1. The van der Waals surface area contributed by atoms with Crippen molar-refractivity contribution >= 4 is 5.97 Å². The first-order chi connectivity index (χ1) is 12.7. The van der Waals surface area contributed by atoms with Crippen molar-refractivity contribution < 1.29 is 28.8 Å². The molecule has 0 fully saturated rings. The van der Waals surface area contributed by atoms with Gasteiger partial charge in [0.1, 0.15) is 0 Å². The molecule has 0 aliphatic heterocycles. The molecule has 156 valence electrons. The van der Waals surface area contributed by atoms with Crippen LogP contribution in [-0.4, -0.2) is 30.0 Å². The molecule has 3 nitrogen and oxygen atoms in total. The van der Waals surface area contributed by atoms with E-state index in [-0.39, 0.29) is 25.3 Å². The third-order valence-electron chi connectivity index (χ3n) is 5.42. The Balaban J connectivity index is 0. The molecule has 0 aliphatic carbocycles. The first-order valence-corrected chi connectivity index (χ1v) is 11.6. The quantitative estimate of drug-likeness (QED) is 0.243. The smallest absolute Gasteiger partial charge is 0.550 e. The van der Waals surface area contributed by atoms with Gasteiger partial charge in [-0.2, -0.15) is 0 Å². The Morgan fingerprint density at radius 2 is 1.15 bits per heavy atom. The van der Waals surface area contributed by atoms with Gasteiger partial charge < -0.3 is 14.8 Å². The maximum Gasteiger partial charge on any atom is 1.00 e. The zero-order chi connectivity index (χ0) is 19.5. The molecular weight excluding hydrogens is 329 g/mol. The summed E-state index contributed by atoms with van der Waals surface area (Å²) in [4.78, 5) is 13.5. The van der Waals surface area contributed by atoms with Crippen LogP contribution in [0.25, 0.3) is 0 Å². The fourth-order valence-corrected chi connectivity index (χ4v) is 3.79. The monoisotopic (exact) mass is 375 g/mol. The molecule has 0 aromatic heterocycles. The Kier molecular flexibility index (Phi) is 24.2. The number of aliphatic carboxylic acids is 1. The number of hydrogen-bond donors (Lipinski definition) is 0. The van der Waals surface area contributed by atoms with E-state index in [0.29, 0.717) is 6.04 Å². The molecule has 1 atom stereocenters. The summed E-state index contributed by atoms with van der Waals surface area (Å²) in [7, 11) is 0. The molecule has 0 N–H and O–H groups in total. The zero-order valence-corrected chi connectivity index (χ0v) is 19.1. The van der Waals surface area contributed by atoms with Crippen molar-refractivity contribution in [1.29, 1.82) is 0 Å². The van der Waals surface area contributed by atoms with Gasteiger partial charge in [0, 0.05) is 12.0 Å². The second kappa shape index (κ2) is 22.3. The fraction of sp³-hybridized carbons (Fsp3) is 0.957. The summed E-state index contributed by atoms with van der Waals surface area (Å²) >= 11 is 0. The van der Waals surface area contributed by atoms with Gasteiger partial charge in [0.15, 0.2) is 0 Å². The van der Waals surface area contributed by atoms with Crippen LogP contribution < -0.4 is 24.0 Å². The predicted molar refractivity (Wildman–Crippen MR) is 111 cm³/mol. The average molecular weight is 376 g/mol. The van der Waals surface area contributed by atoms with Crippen LogP contribution in [0.5, 0.6) is 0 Å². The van der Waals surface area contributed by atoms with Crippen molar-refractivity contribution in [3.63, 3.8) is 0 Å². The molecular formula is C23H46LiNO2. The van der Waals surface area contributed by atoms with Crippen LogP contribution in [0.2, 0.25) is 0 Å². The van der Waals surface area contributed by atoms with Gasteiger partial charge in [-0.3, -0.25) is 0 Å². The zero-order valence-electron chi connectivity index (χ0n) is 19.1. The largest absolute Gasteiger partial charge is 1.00 e. The van der Waals surface area contributed by atoms with Crippen LogP contribution in [0.4, 0.5) is 0 Å². The first-order valence-electron chi connectivity index (χ1n) is 11.6. The maximum atomic E-state index is 10.9. The van der Waals surface area contributed by atoms with Crippen LogP contribution >= 0.6 is 0 Å². The van der Waals surface area contributed by atoms with E-state index in [1.807, 2.05) is 0 Å². The van der Waals surface area contributed by atoms with Crippen molar-refractivity contribution in [3.8, 4) is 0 Å². The van der Waals surface area contributed by atoms with Gasteiger partial charge in [-0.05, 0) is 45.2 Å². The van der Waals surface area contributed by atoms with Gasteiger partial charge in [-0.25, -0.2) is 0 Å². The van der Waals surface area contributed by atoms with E-state index in [1.165, 1.54) is 77.0 Å². The maximum absolute atomic E-state index is 10.9. The standard InChI is InChI=1S/C23H47NO2.Li/c1-4-7-9-11-13-15-20-24(21-16-14-12-10-8-5-2)22(17-6-3)18-19-23(25)26;/h22H,4-21H2,1-3H3,(H,25,26);/q;+1/p-1. The number of nitrogens with zero attached hydrogens (tertiary/aromatic N) is 1. The van der Waals surface area contributed by atoms with Gasteiger partial charge in [-0.1, -0.05) is 91.4 Å². The van der Waals surface area contributed by atoms with E-state index in [9.17, 15) is 9.90 Å². The van der Waals surface area contributed by atoms with Crippen LogP contribution in [0.15, 0.2) is 0 Å². The summed E-state index contributed by atoms with van der Waals surface area (Å²) in [6.45, 7) is 9.00. The third kappa shape index (κ3) is 19.1. The molecule has 0 bridgehead atoms. The number of unbranched alkanes of at least 4 members (excludes halogenated alkanes) is 10. The van der Waals surface area contributed by atoms with Crippen molar-refractivity contribution in [2.24, 2.45) is 0 Å². The van der Waals surface area contributed by atoms with Gasteiger partial charge >= 0.3 is 18.9 Å². The topological polar surface area (TPSA) is 43.4 Å². The van der Waals surface area contributed by atoms with E-state index in [4.69, 9.17) is 0 Å². The SMILES string of the molecule is CCCCCCCCN(CCCCCCCC)C(CCC)CCC(=O)[O-].[Li+]. The number of carboxylic acid groups (broad SMARTS) is 1. The van der Waals surface area contributed by atoms with Crippen molar-refractivity contribution in [2.75, 3.05) is 13.1 Å². The van der Waals surface area contributed by atoms with Gasteiger partial charge in [0.2, 0.25) is 0 Å². The summed E-state index contributed by atoms with van der Waals surface area (Å²) in [5.74, 6) is -0.898. The van der Waals surface area contributed by atoms with Crippen LogP contribution in [0, 0.1) is 0 Å². The van der Waals surface area contributed by atoms with E-state index >= 15 is 0 Å². The van der Waals surface area contributed by atoms with Crippen molar-refractivity contribution in [3.05, 3.63) is 0 Å². The molecule has 0 spiro atoms. The predicted octanol–water partition coefficient (Wildman–Crippen LogP) is 2.71. The Hall–Kier alpha value is 0.0274. The third-order valence-corrected chi connectivity index (χ3v) is 5.42. The molecule has 27 heavy (non-hydrogen) atoms. The molecule has 0 aliphatic rings. The minimum Gasteiger partial charge on any atom is -0.550 e. The molecule has 0 amide bonds. The minimum absolute atomic E-state index is 0. The number of carboxylic acids is 1. The summed E-state index contributed by atoms with van der Waals surface area (Å²) in [6, 6.07) is 0.421. The van der Waals surface area contributed by atoms with E-state index in [0.717, 1.165) is 32.4 Å². The second-order valence-electron chi connectivity index (χ2n) is 7.92. The Bertz CT molecular complexity index is 297. The minimum atomic E-state index is -0.898. The van der Waals surface area contributed by atoms with E-state index in [2.05, 4.69) is 25.7 Å². The molecule has 0 heterocycles. The van der Waals surface area contributed by atoms with Crippen LogP contribution in [0.3, 0.4) is 0 Å². The summed E-state index contributed by atoms with van der Waals surface area (Å²) in [6.07, 6.45) is 19.0. The van der Waals surface area contributed by atoms with Gasteiger partial charge in [0.25, 0.3) is 0 Å². The summed E-state index contributed by atoms with van der Waals surface area (Å²) in [5.41, 5.74) is 0. The van der Waals surface area contributed by atoms with Gasteiger partial charge in [0.05, 0.1) is 0 Å². The molecule has 1 unspecified atom stereocenters. The molecule has 0 radical (unpaired) electrons. The van der Waals surface area contributed by atoms with E-state index in [1.54, 1.807) is 0 Å². The molecule has 4 heteroatoms. The normalized spacial score (nSPS) is 12.1. The molecule has 0 aromatic rings. The van der Waals surface area contributed by atoms with Gasteiger partial charge in [-0.15, -0.1) is 0 Å². The van der Waals surface area contributed by atoms with E-state index < -0.39 is 5.97 Å². The Morgan fingerprint density at radius 3 is 1.56 bits per heavy atom. The number of rotatable bonds is 20. The van der Waals surface area contributed by atoms with Crippen molar-refractivity contribution in [1.82, 2.24) is 4.90 Å². The molecule has 0 aromatic carbocycles. The van der Waals surface area contributed by atoms with Crippen LogP contribution in [0.1, 0.15) is 124 Å². The molecule has 0 saturated carbocycles. The van der Waals surface area contributed by atoms with Crippen molar-refractivity contribution in [2.45, 2.75) is 130 Å². The fourth-order valence-electron chi connectivity index (χ4n) is 3.79. The Morgan fingerprint density at radius 1 is 0.704 bits per heavy atom. The Labute approximate surface area is 182 Å². The number of hydrogen-bond acceptors (Lipinski definition) is 3. The second-order valence-corrected chi connectivity index (χ2v) is 7.92.